The topological polar surface area (TPSA) is 38.1 Å². The molecule has 0 aliphatic heterocycles. The fourth-order valence-corrected chi connectivity index (χ4v) is 3.65. The number of benzene rings is 1. The summed E-state index contributed by atoms with van der Waals surface area (Å²) in [5.74, 6) is 0.131. The van der Waals surface area contributed by atoms with Crippen LogP contribution in [0.5, 0.6) is 0 Å². The van der Waals surface area contributed by atoms with Crippen LogP contribution in [0.25, 0.3) is 22.0 Å². The Balaban J connectivity index is 1.76. The van der Waals surface area contributed by atoms with E-state index in [-0.39, 0.29) is 5.91 Å². The summed E-state index contributed by atoms with van der Waals surface area (Å²) in [5, 5.41) is 3.02. The van der Waals surface area contributed by atoms with Crippen LogP contribution in [-0.4, -0.2) is 34.0 Å². The van der Waals surface area contributed by atoms with Crippen molar-refractivity contribution in [3.63, 3.8) is 0 Å². The zero-order chi connectivity index (χ0) is 18.5. The van der Waals surface area contributed by atoms with Crippen molar-refractivity contribution in [2.24, 2.45) is 0 Å². The van der Waals surface area contributed by atoms with E-state index in [0.29, 0.717) is 6.54 Å². The second-order valence-electron chi connectivity index (χ2n) is 6.59. The Bertz CT molecular complexity index is 864. The summed E-state index contributed by atoms with van der Waals surface area (Å²) in [6, 6.07) is 12.4. The van der Waals surface area contributed by atoms with E-state index in [9.17, 15) is 4.79 Å². The second kappa shape index (κ2) is 8.32. The molecule has 0 fully saturated rings. The van der Waals surface area contributed by atoms with Crippen molar-refractivity contribution in [1.29, 1.82) is 0 Å². The van der Waals surface area contributed by atoms with Crippen LogP contribution in [0.15, 0.2) is 48.0 Å². The Morgan fingerprint density at radius 3 is 2.73 bits per heavy atom. The predicted octanol–water partition coefficient (Wildman–Crippen LogP) is 4.85. The Kier molecular flexibility index (Phi) is 5.89. The molecule has 0 spiro atoms. The lowest BCUT2D eigenvalue weighted by Crippen LogP contribution is -2.31. The van der Waals surface area contributed by atoms with Gasteiger partial charge in [-0.3, -0.25) is 4.79 Å². The fourth-order valence-electron chi connectivity index (χ4n) is 2.78. The highest BCUT2D eigenvalue weighted by Gasteiger charge is 2.14. The quantitative estimate of drug-likeness (QED) is 0.599. The minimum Gasteiger partial charge on any atom is -0.344 e. The third kappa shape index (κ3) is 4.22. The molecular weight excluding hydrogens is 342 g/mol. The maximum Gasteiger partial charge on any atom is 0.242 e. The van der Waals surface area contributed by atoms with Gasteiger partial charge < -0.3 is 9.47 Å². The fraction of sp³-hybridized carbons (Fsp3) is 0.333. The van der Waals surface area contributed by atoms with E-state index in [4.69, 9.17) is 4.98 Å². The Morgan fingerprint density at radius 1 is 1.23 bits per heavy atom. The number of hydrogen-bond acceptors (Lipinski definition) is 3. The molecule has 0 N–H and O–H groups in total. The van der Waals surface area contributed by atoms with Crippen molar-refractivity contribution in [3.05, 3.63) is 53.5 Å². The summed E-state index contributed by atoms with van der Waals surface area (Å²) in [7, 11) is 1.88. The monoisotopic (exact) mass is 367 g/mol. The Labute approximate surface area is 159 Å². The van der Waals surface area contributed by atoms with E-state index in [1.54, 1.807) is 11.3 Å². The molecule has 2 heterocycles. The van der Waals surface area contributed by atoms with Crippen LogP contribution in [0.4, 0.5) is 0 Å². The molecule has 136 valence electrons. The van der Waals surface area contributed by atoms with E-state index in [2.05, 4.69) is 43.5 Å². The number of likely N-dealkylation sites (N-methyl/N-ethyl adjacent to an activating group) is 1. The molecular formula is C21H25N3OS. The van der Waals surface area contributed by atoms with Gasteiger partial charge >= 0.3 is 0 Å². The van der Waals surface area contributed by atoms with Gasteiger partial charge in [-0.05, 0) is 25.5 Å². The Hall–Kier alpha value is -2.40. The van der Waals surface area contributed by atoms with Crippen LogP contribution in [0.3, 0.4) is 0 Å². The molecule has 0 saturated carbocycles. The van der Waals surface area contributed by atoms with Gasteiger partial charge in [0.2, 0.25) is 5.91 Å². The van der Waals surface area contributed by atoms with E-state index >= 15 is 0 Å². The van der Waals surface area contributed by atoms with Crippen molar-refractivity contribution < 1.29 is 4.79 Å². The molecule has 0 saturated heterocycles. The number of rotatable bonds is 7. The first-order chi connectivity index (χ1) is 12.6. The summed E-state index contributed by atoms with van der Waals surface area (Å²) < 4.78 is 1.99. The number of hydrogen-bond donors (Lipinski definition) is 0. The minimum absolute atomic E-state index is 0.131. The van der Waals surface area contributed by atoms with E-state index in [1.807, 2.05) is 34.8 Å². The van der Waals surface area contributed by atoms with Gasteiger partial charge in [0, 0.05) is 30.7 Å². The average molecular weight is 368 g/mol. The molecule has 3 rings (SSSR count). The first kappa shape index (κ1) is 18.4. The molecule has 0 aliphatic carbocycles. The van der Waals surface area contributed by atoms with Crippen molar-refractivity contribution in [3.8, 4) is 22.0 Å². The largest absolute Gasteiger partial charge is 0.344 e. The first-order valence-corrected chi connectivity index (χ1v) is 9.88. The molecule has 0 unspecified atom stereocenters. The number of thiazole rings is 1. The smallest absolute Gasteiger partial charge is 0.242 e. The highest BCUT2D eigenvalue weighted by atomic mass is 32.1. The van der Waals surface area contributed by atoms with Crippen LogP contribution in [-0.2, 0) is 11.3 Å². The molecule has 1 amide bonds. The number of amides is 1. The number of aromatic nitrogens is 2. The van der Waals surface area contributed by atoms with Crippen LogP contribution in [0.2, 0.25) is 0 Å². The normalized spacial score (nSPS) is 10.9. The lowest BCUT2D eigenvalue weighted by Gasteiger charge is -2.17. The van der Waals surface area contributed by atoms with Gasteiger partial charge in [0.15, 0.2) is 0 Å². The molecule has 4 nitrogen and oxygen atoms in total. The summed E-state index contributed by atoms with van der Waals surface area (Å²) in [4.78, 5) is 19.0. The van der Waals surface area contributed by atoms with Gasteiger partial charge in [-0.1, -0.05) is 43.2 Å². The molecule has 0 aliphatic rings. The number of nitrogens with zero attached hydrogens (tertiary/aromatic N) is 3. The molecule has 0 atom stereocenters. The molecule has 0 bridgehead atoms. The summed E-state index contributed by atoms with van der Waals surface area (Å²) in [6.45, 7) is 5.37. The van der Waals surface area contributed by atoms with Gasteiger partial charge in [0.1, 0.15) is 11.6 Å². The van der Waals surface area contributed by atoms with Gasteiger partial charge in [-0.25, -0.2) is 4.98 Å². The van der Waals surface area contributed by atoms with Crippen molar-refractivity contribution >= 4 is 17.2 Å². The summed E-state index contributed by atoms with van der Waals surface area (Å²) in [5.41, 5.74) is 4.32. The maximum absolute atomic E-state index is 12.4. The lowest BCUT2D eigenvalue weighted by molar-refractivity contribution is -0.130. The van der Waals surface area contributed by atoms with E-state index < -0.39 is 0 Å². The van der Waals surface area contributed by atoms with Gasteiger partial charge in [-0.15, -0.1) is 11.3 Å². The predicted molar refractivity (Wildman–Crippen MR) is 108 cm³/mol. The van der Waals surface area contributed by atoms with Crippen LogP contribution >= 0.6 is 11.3 Å². The van der Waals surface area contributed by atoms with Crippen molar-refractivity contribution in [1.82, 2.24) is 14.5 Å². The third-order valence-electron chi connectivity index (χ3n) is 4.48. The zero-order valence-electron chi connectivity index (χ0n) is 15.6. The first-order valence-electron chi connectivity index (χ1n) is 9.00. The molecule has 0 radical (unpaired) electrons. The Morgan fingerprint density at radius 2 is 2.00 bits per heavy atom. The lowest BCUT2D eigenvalue weighted by atomic mass is 10.1. The van der Waals surface area contributed by atoms with E-state index in [0.717, 1.165) is 41.3 Å². The second-order valence-corrected chi connectivity index (χ2v) is 7.45. The minimum atomic E-state index is 0.131. The average Bonchev–Trinajstić information content (AvgIpc) is 3.29. The maximum atomic E-state index is 12.4. The summed E-state index contributed by atoms with van der Waals surface area (Å²) >= 11 is 1.61. The third-order valence-corrected chi connectivity index (χ3v) is 5.34. The van der Waals surface area contributed by atoms with Gasteiger partial charge in [0.05, 0.1) is 11.4 Å². The van der Waals surface area contributed by atoms with Crippen LogP contribution in [0.1, 0.15) is 25.3 Å². The molecule has 1 aromatic carbocycles. The number of aryl methyl sites for hydroxylation is 1. The van der Waals surface area contributed by atoms with Gasteiger partial charge in [-0.2, -0.15) is 0 Å². The zero-order valence-corrected chi connectivity index (χ0v) is 16.4. The van der Waals surface area contributed by atoms with Crippen molar-refractivity contribution in [2.75, 3.05) is 13.6 Å². The van der Waals surface area contributed by atoms with Gasteiger partial charge in [0.25, 0.3) is 0 Å². The van der Waals surface area contributed by atoms with Crippen LogP contribution in [0, 0.1) is 6.92 Å². The van der Waals surface area contributed by atoms with Crippen molar-refractivity contribution in [2.45, 2.75) is 33.2 Å². The van der Waals surface area contributed by atoms with E-state index in [1.165, 1.54) is 5.56 Å². The summed E-state index contributed by atoms with van der Waals surface area (Å²) in [6.07, 6.45) is 4.08. The SMILES string of the molecule is CCCCN(C)C(=O)Cn1cccc1-c1nc(-c2ccc(C)cc2)cs1. The number of carbonyl (C=O) groups excluding carboxylic acids is 1. The molecule has 5 heteroatoms. The standard InChI is InChI=1S/C21H25N3OS/c1-4-5-12-23(3)20(25)14-24-13-6-7-19(24)21-22-18(15-26-21)17-10-8-16(2)9-11-17/h6-11,13,15H,4-5,12,14H2,1-3H3. The molecule has 2 aromatic heterocycles. The van der Waals surface area contributed by atoms with Crippen LogP contribution < -0.4 is 0 Å². The number of unbranched alkanes of at least 4 members (excludes halogenated alkanes) is 1. The highest BCUT2D eigenvalue weighted by Crippen LogP contribution is 2.29. The highest BCUT2D eigenvalue weighted by molar-refractivity contribution is 7.13. The molecule has 3 aromatic rings. The molecule has 26 heavy (non-hydrogen) atoms. The number of carbonyl (C=O) groups is 1.